The summed E-state index contributed by atoms with van der Waals surface area (Å²) in [5.41, 5.74) is 6.78. The van der Waals surface area contributed by atoms with Gasteiger partial charge in [-0.3, -0.25) is 4.90 Å². The smallest absolute Gasteiger partial charge is 0.0406 e. The van der Waals surface area contributed by atoms with E-state index >= 15 is 0 Å². The van der Waals surface area contributed by atoms with E-state index in [9.17, 15) is 0 Å². The van der Waals surface area contributed by atoms with Crippen LogP contribution in [-0.2, 0) is 0 Å². The van der Waals surface area contributed by atoms with Gasteiger partial charge in [0.05, 0.1) is 0 Å². The molecule has 0 radical (unpaired) electrons. The zero-order valence-corrected chi connectivity index (χ0v) is 9.46. The lowest BCUT2D eigenvalue weighted by molar-refractivity contribution is 0.269. The van der Waals surface area contributed by atoms with Crippen molar-refractivity contribution in [2.24, 2.45) is 5.73 Å². The fourth-order valence-electron chi connectivity index (χ4n) is 1.39. The summed E-state index contributed by atoms with van der Waals surface area (Å²) in [6, 6.07) is 8.34. The van der Waals surface area contributed by atoms with E-state index in [0.29, 0.717) is 12.6 Å². The molecule has 78 valence electrons. The molecule has 0 heterocycles. The summed E-state index contributed by atoms with van der Waals surface area (Å²) in [4.78, 5) is 2.23. The third-order valence-electron chi connectivity index (χ3n) is 2.50. The average molecular weight is 213 g/mol. The molecule has 1 rings (SSSR count). The normalized spacial score (nSPS) is 13.2. The molecule has 2 N–H and O–H groups in total. The van der Waals surface area contributed by atoms with Crippen molar-refractivity contribution in [1.82, 2.24) is 4.90 Å². The van der Waals surface area contributed by atoms with Crippen molar-refractivity contribution in [1.29, 1.82) is 0 Å². The first-order valence-electron chi connectivity index (χ1n) is 4.81. The van der Waals surface area contributed by atoms with Gasteiger partial charge in [-0.2, -0.15) is 0 Å². The highest BCUT2D eigenvalue weighted by Gasteiger charge is 2.09. The minimum atomic E-state index is 0.385. The van der Waals surface area contributed by atoms with Crippen LogP contribution in [0.4, 0.5) is 0 Å². The number of benzene rings is 1. The second kappa shape index (κ2) is 5.35. The van der Waals surface area contributed by atoms with Gasteiger partial charge >= 0.3 is 0 Å². The molecule has 1 aromatic rings. The molecule has 1 atom stereocenters. The van der Waals surface area contributed by atoms with E-state index in [1.54, 1.807) is 0 Å². The predicted octanol–water partition coefficient (Wildman–Crippen LogP) is 2.29. The van der Waals surface area contributed by atoms with Gasteiger partial charge in [0, 0.05) is 24.2 Å². The van der Waals surface area contributed by atoms with Gasteiger partial charge in [0.15, 0.2) is 0 Å². The van der Waals surface area contributed by atoms with Crippen LogP contribution in [-0.4, -0.2) is 25.0 Å². The molecule has 3 heteroatoms. The Labute approximate surface area is 90.7 Å². The van der Waals surface area contributed by atoms with Gasteiger partial charge in [-0.25, -0.2) is 0 Å². The first-order valence-corrected chi connectivity index (χ1v) is 5.18. The van der Waals surface area contributed by atoms with Crippen LogP contribution in [0.3, 0.4) is 0 Å². The lowest BCUT2D eigenvalue weighted by atomic mass is 10.1. The number of nitrogens with zero attached hydrogens (tertiary/aromatic N) is 1. The Balaban J connectivity index is 2.68. The Morgan fingerprint density at radius 2 is 1.93 bits per heavy atom. The first kappa shape index (κ1) is 11.5. The monoisotopic (exact) mass is 212 g/mol. The highest BCUT2D eigenvalue weighted by atomic mass is 35.5. The average Bonchev–Trinajstić information content (AvgIpc) is 2.18. The van der Waals surface area contributed by atoms with Crippen LogP contribution < -0.4 is 5.73 Å². The highest BCUT2D eigenvalue weighted by Crippen LogP contribution is 2.20. The summed E-state index contributed by atoms with van der Waals surface area (Å²) in [7, 11) is 2.08. The summed E-state index contributed by atoms with van der Waals surface area (Å²) < 4.78 is 0. The maximum Gasteiger partial charge on any atom is 0.0406 e. The van der Waals surface area contributed by atoms with E-state index in [4.69, 9.17) is 17.3 Å². The van der Waals surface area contributed by atoms with Crippen LogP contribution in [0.1, 0.15) is 18.5 Å². The standard InChI is InChI=1S/C11H17ClN2/c1-9(14(2)8-7-13)10-3-5-11(12)6-4-10/h3-6,9H,7-8,13H2,1-2H3. The molecule has 1 aromatic carbocycles. The van der Waals surface area contributed by atoms with Crippen molar-refractivity contribution < 1.29 is 0 Å². The van der Waals surface area contributed by atoms with Gasteiger partial charge in [0.1, 0.15) is 0 Å². The molecule has 0 bridgehead atoms. The maximum atomic E-state index is 5.82. The number of halogens is 1. The molecular weight excluding hydrogens is 196 g/mol. The molecule has 2 nitrogen and oxygen atoms in total. The predicted molar refractivity (Wildman–Crippen MR) is 61.6 cm³/mol. The van der Waals surface area contributed by atoms with Crippen LogP contribution >= 0.6 is 11.6 Å². The quantitative estimate of drug-likeness (QED) is 0.830. The molecule has 1 unspecified atom stereocenters. The number of nitrogens with two attached hydrogens (primary N) is 1. The van der Waals surface area contributed by atoms with E-state index in [1.807, 2.05) is 12.1 Å². The van der Waals surface area contributed by atoms with Gasteiger partial charge in [-0.1, -0.05) is 23.7 Å². The van der Waals surface area contributed by atoms with Crippen molar-refractivity contribution in [2.75, 3.05) is 20.1 Å². The van der Waals surface area contributed by atoms with Gasteiger partial charge in [0.2, 0.25) is 0 Å². The van der Waals surface area contributed by atoms with E-state index in [-0.39, 0.29) is 0 Å². The minimum absolute atomic E-state index is 0.385. The van der Waals surface area contributed by atoms with Gasteiger partial charge in [0.25, 0.3) is 0 Å². The second-order valence-corrected chi connectivity index (χ2v) is 3.93. The summed E-state index contributed by atoms with van der Waals surface area (Å²) in [5.74, 6) is 0. The number of hydrogen-bond acceptors (Lipinski definition) is 2. The topological polar surface area (TPSA) is 29.3 Å². The lowest BCUT2D eigenvalue weighted by Gasteiger charge is -2.24. The first-order chi connectivity index (χ1) is 6.65. The Morgan fingerprint density at radius 3 is 2.43 bits per heavy atom. The largest absolute Gasteiger partial charge is 0.329 e. The third kappa shape index (κ3) is 2.98. The molecule has 0 aromatic heterocycles. The zero-order valence-electron chi connectivity index (χ0n) is 8.70. The summed E-state index contributed by atoms with van der Waals surface area (Å²) in [6.45, 7) is 3.76. The Hall–Kier alpha value is -0.570. The molecule has 0 aliphatic carbocycles. The van der Waals surface area contributed by atoms with Crippen molar-refractivity contribution in [3.05, 3.63) is 34.9 Å². The van der Waals surface area contributed by atoms with E-state index in [0.717, 1.165) is 11.6 Å². The van der Waals surface area contributed by atoms with Crippen LogP contribution in [0.5, 0.6) is 0 Å². The summed E-state index contributed by atoms with van der Waals surface area (Å²) in [6.07, 6.45) is 0. The molecule has 0 aliphatic heterocycles. The zero-order chi connectivity index (χ0) is 10.6. The number of hydrogen-bond donors (Lipinski definition) is 1. The molecule has 0 fully saturated rings. The van der Waals surface area contributed by atoms with Crippen molar-refractivity contribution in [2.45, 2.75) is 13.0 Å². The fourth-order valence-corrected chi connectivity index (χ4v) is 1.52. The number of likely N-dealkylation sites (N-methyl/N-ethyl adjacent to an activating group) is 1. The van der Waals surface area contributed by atoms with Crippen LogP contribution in [0.2, 0.25) is 5.02 Å². The molecular formula is C11H17ClN2. The Kier molecular flexibility index (Phi) is 4.39. The molecule has 0 saturated heterocycles. The molecule has 0 saturated carbocycles. The van der Waals surface area contributed by atoms with Crippen molar-refractivity contribution >= 4 is 11.6 Å². The lowest BCUT2D eigenvalue weighted by Crippen LogP contribution is -2.28. The van der Waals surface area contributed by atoms with Crippen molar-refractivity contribution in [3.8, 4) is 0 Å². The van der Waals surface area contributed by atoms with E-state index < -0.39 is 0 Å². The van der Waals surface area contributed by atoms with Gasteiger partial charge in [-0.05, 0) is 31.7 Å². The van der Waals surface area contributed by atoms with Gasteiger partial charge in [-0.15, -0.1) is 0 Å². The molecule has 0 aliphatic rings. The van der Waals surface area contributed by atoms with Crippen molar-refractivity contribution in [3.63, 3.8) is 0 Å². The third-order valence-corrected chi connectivity index (χ3v) is 2.75. The van der Waals surface area contributed by atoms with Gasteiger partial charge < -0.3 is 5.73 Å². The number of rotatable bonds is 4. The Morgan fingerprint density at radius 1 is 1.36 bits per heavy atom. The van der Waals surface area contributed by atoms with E-state index in [1.165, 1.54) is 5.56 Å². The highest BCUT2D eigenvalue weighted by molar-refractivity contribution is 6.30. The second-order valence-electron chi connectivity index (χ2n) is 3.50. The summed E-state index contributed by atoms with van der Waals surface area (Å²) in [5, 5.41) is 0.780. The molecule has 14 heavy (non-hydrogen) atoms. The van der Waals surface area contributed by atoms with Crippen LogP contribution in [0.15, 0.2) is 24.3 Å². The fraction of sp³-hybridized carbons (Fsp3) is 0.455. The van der Waals surface area contributed by atoms with Crippen LogP contribution in [0.25, 0.3) is 0 Å². The molecule has 0 spiro atoms. The maximum absolute atomic E-state index is 5.82. The van der Waals surface area contributed by atoms with E-state index in [2.05, 4.69) is 31.0 Å². The SMILES string of the molecule is CC(c1ccc(Cl)cc1)N(C)CCN. The van der Waals surface area contributed by atoms with Crippen LogP contribution in [0, 0.1) is 0 Å². The summed E-state index contributed by atoms with van der Waals surface area (Å²) >= 11 is 5.82. The molecule has 0 amide bonds. The minimum Gasteiger partial charge on any atom is -0.329 e. The Bertz CT molecular complexity index is 271.